The van der Waals surface area contributed by atoms with E-state index in [-0.39, 0.29) is 18.0 Å². The number of carbonyl (C=O) groups excluding carboxylic acids is 1. The number of rotatable bonds is 4. The Balaban J connectivity index is 2.60. The van der Waals surface area contributed by atoms with Gasteiger partial charge in [-0.25, -0.2) is 8.42 Å². The molecule has 1 aliphatic rings. The molecule has 6 nitrogen and oxygen atoms in total. The highest BCUT2D eigenvalue weighted by Gasteiger charge is 2.44. The molecule has 0 unspecified atom stereocenters. The topological polar surface area (TPSA) is 101 Å². The molecule has 0 saturated carbocycles. The van der Waals surface area contributed by atoms with Crippen LogP contribution in [-0.4, -0.2) is 43.7 Å². The van der Waals surface area contributed by atoms with Crippen LogP contribution in [0.5, 0.6) is 0 Å². The smallest absolute Gasteiger partial charge is 0.290 e. The highest BCUT2D eigenvalue weighted by atomic mass is 32.2. The SMILES string of the molecule is CS(=O)(=O)C1=C(O)C(=O)N(CCN)[C@@H]1c1ccccc1. The van der Waals surface area contributed by atoms with Gasteiger partial charge < -0.3 is 15.7 Å². The van der Waals surface area contributed by atoms with Crippen molar-refractivity contribution < 1.29 is 18.3 Å². The van der Waals surface area contributed by atoms with Crippen molar-refractivity contribution in [1.82, 2.24) is 4.90 Å². The number of hydrogen-bond donors (Lipinski definition) is 2. The number of nitrogens with two attached hydrogens (primary N) is 1. The largest absolute Gasteiger partial charge is 0.502 e. The van der Waals surface area contributed by atoms with E-state index in [0.29, 0.717) is 5.56 Å². The molecule has 0 radical (unpaired) electrons. The third-order valence-electron chi connectivity index (χ3n) is 3.14. The fourth-order valence-corrected chi connectivity index (χ4v) is 3.45. The summed E-state index contributed by atoms with van der Waals surface area (Å²) in [5.41, 5.74) is 6.09. The van der Waals surface area contributed by atoms with E-state index in [1.165, 1.54) is 4.90 Å². The molecule has 1 atom stereocenters. The van der Waals surface area contributed by atoms with Gasteiger partial charge in [-0.1, -0.05) is 30.3 Å². The van der Waals surface area contributed by atoms with E-state index in [1.807, 2.05) is 0 Å². The first-order valence-corrected chi connectivity index (χ1v) is 7.96. The third kappa shape index (κ3) is 2.41. The Kier molecular flexibility index (Phi) is 3.82. The second-order valence-corrected chi connectivity index (χ2v) is 6.57. The Morgan fingerprint density at radius 2 is 1.90 bits per heavy atom. The predicted octanol–water partition coefficient (Wildman–Crippen LogP) is 0.343. The van der Waals surface area contributed by atoms with Crippen molar-refractivity contribution >= 4 is 15.7 Å². The molecule has 0 bridgehead atoms. The van der Waals surface area contributed by atoms with E-state index >= 15 is 0 Å². The summed E-state index contributed by atoms with van der Waals surface area (Å²) in [5, 5.41) is 9.89. The molecule has 1 amide bonds. The van der Waals surface area contributed by atoms with Gasteiger partial charge in [0.1, 0.15) is 4.91 Å². The molecule has 0 fully saturated rings. The lowest BCUT2D eigenvalue weighted by molar-refractivity contribution is -0.129. The van der Waals surface area contributed by atoms with Crippen LogP contribution >= 0.6 is 0 Å². The summed E-state index contributed by atoms with van der Waals surface area (Å²) < 4.78 is 23.8. The predicted molar refractivity (Wildman–Crippen MR) is 74.4 cm³/mol. The maximum Gasteiger partial charge on any atom is 0.290 e. The molecular formula is C13H16N2O4S. The van der Waals surface area contributed by atoms with Crippen LogP contribution in [0.1, 0.15) is 11.6 Å². The number of aliphatic hydroxyl groups is 1. The summed E-state index contributed by atoms with van der Waals surface area (Å²) >= 11 is 0. The van der Waals surface area contributed by atoms with Crippen LogP contribution in [0.4, 0.5) is 0 Å². The molecule has 0 aliphatic carbocycles. The van der Waals surface area contributed by atoms with E-state index in [2.05, 4.69) is 0 Å². The summed E-state index contributed by atoms with van der Waals surface area (Å²) in [6.07, 6.45) is 0.980. The summed E-state index contributed by atoms with van der Waals surface area (Å²) in [6, 6.07) is 7.89. The molecule has 0 spiro atoms. The average molecular weight is 296 g/mol. The van der Waals surface area contributed by atoms with Crippen LogP contribution in [0.15, 0.2) is 41.0 Å². The van der Waals surface area contributed by atoms with E-state index in [1.54, 1.807) is 30.3 Å². The Bertz CT molecular complexity index is 652. The molecule has 3 N–H and O–H groups in total. The number of benzene rings is 1. The van der Waals surface area contributed by atoms with Gasteiger partial charge in [0.05, 0.1) is 6.04 Å². The van der Waals surface area contributed by atoms with Crippen molar-refractivity contribution in [2.75, 3.05) is 19.3 Å². The first-order valence-electron chi connectivity index (χ1n) is 6.07. The number of hydrogen-bond acceptors (Lipinski definition) is 5. The van der Waals surface area contributed by atoms with Crippen molar-refractivity contribution in [3.63, 3.8) is 0 Å². The minimum absolute atomic E-state index is 0.168. The minimum Gasteiger partial charge on any atom is -0.502 e. The first-order chi connectivity index (χ1) is 9.38. The van der Waals surface area contributed by atoms with E-state index < -0.39 is 27.5 Å². The van der Waals surface area contributed by atoms with Gasteiger partial charge in [-0.3, -0.25) is 4.79 Å². The van der Waals surface area contributed by atoms with Crippen LogP contribution in [0, 0.1) is 0 Å². The van der Waals surface area contributed by atoms with Gasteiger partial charge in [-0.05, 0) is 5.56 Å². The molecule has 1 aliphatic heterocycles. The lowest BCUT2D eigenvalue weighted by Gasteiger charge is -2.25. The maximum atomic E-state index is 12.0. The van der Waals surface area contributed by atoms with Crippen LogP contribution in [-0.2, 0) is 14.6 Å². The van der Waals surface area contributed by atoms with Gasteiger partial charge >= 0.3 is 0 Å². The fourth-order valence-electron chi connectivity index (χ4n) is 2.34. The van der Waals surface area contributed by atoms with Gasteiger partial charge in [0.2, 0.25) is 0 Å². The quantitative estimate of drug-likeness (QED) is 0.834. The maximum absolute atomic E-state index is 12.0. The molecular weight excluding hydrogens is 280 g/mol. The van der Waals surface area contributed by atoms with Gasteiger partial charge in [-0.2, -0.15) is 0 Å². The number of amides is 1. The minimum atomic E-state index is -3.71. The Morgan fingerprint density at radius 3 is 2.40 bits per heavy atom. The van der Waals surface area contributed by atoms with E-state index in [4.69, 9.17) is 5.73 Å². The summed E-state index contributed by atoms with van der Waals surface area (Å²) in [5.74, 6) is -1.42. The highest BCUT2D eigenvalue weighted by Crippen LogP contribution is 2.39. The van der Waals surface area contributed by atoms with E-state index in [9.17, 15) is 18.3 Å². The lowest BCUT2D eigenvalue weighted by atomic mass is 10.1. The van der Waals surface area contributed by atoms with Gasteiger partial charge in [0.25, 0.3) is 5.91 Å². The van der Waals surface area contributed by atoms with Crippen LogP contribution in [0.2, 0.25) is 0 Å². The second-order valence-electron chi connectivity index (χ2n) is 4.59. The van der Waals surface area contributed by atoms with Crippen LogP contribution < -0.4 is 5.73 Å². The molecule has 2 rings (SSSR count). The zero-order chi connectivity index (χ0) is 14.9. The van der Waals surface area contributed by atoms with Gasteiger partial charge in [0.15, 0.2) is 15.6 Å². The molecule has 1 aromatic carbocycles. The standard InChI is InChI=1S/C13H16N2O4S/c1-20(18,19)12-10(9-5-3-2-4-6-9)15(8-7-14)13(17)11(12)16/h2-6,10,16H,7-8,14H2,1H3/t10-/m1/s1. The normalized spacial score (nSPS) is 19.8. The van der Waals surface area contributed by atoms with Crippen molar-refractivity contribution in [2.24, 2.45) is 5.73 Å². The zero-order valence-corrected chi connectivity index (χ0v) is 11.8. The molecule has 20 heavy (non-hydrogen) atoms. The van der Waals surface area contributed by atoms with Crippen molar-refractivity contribution in [3.05, 3.63) is 46.6 Å². The third-order valence-corrected chi connectivity index (χ3v) is 4.36. The number of nitrogens with zero attached hydrogens (tertiary/aromatic N) is 1. The van der Waals surface area contributed by atoms with Crippen molar-refractivity contribution in [1.29, 1.82) is 0 Å². The molecule has 1 aromatic rings. The highest BCUT2D eigenvalue weighted by molar-refractivity contribution is 7.94. The second kappa shape index (κ2) is 5.26. The summed E-state index contributed by atoms with van der Waals surface area (Å²) in [4.78, 5) is 13.1. The molecule has 108 valence electrons. The van der Waals surface area contributed by atoms with Gasteiger partial charge in [-0.15, -0.1) is 0 Å². The zero-order valence-electron chi connectivity index (χ0n) is 11.0. The monoisotopic (exact) mass is 296 g/mol. The Morgan fingerprint density at radius 1 is 1.30 bits per heavy atom. The van der Waals surface area contributed by atoms with Gasteiger partial charge in [0, 0.05) is 19.3 Å². The molecule has 0 aromatic heterocycles. The number of sulfone groups is 1. The molecule has 1 heterocycles. The van der Waals surface area contributed by atoms with E-state index in [0.717, 1.165) is 6.26 Å². The number of carbonyl (C=O) groups is 1. The summed E-state index contributed by atoms with van der Waals surface area (Å²) in [6.45, 7) is 0.348. The van der Waals surface area contributed by atoms with Crippen molar-refractivity contribution in [3.8, 4) is 0 Å². The molecule has 0 saturated heterocycles. The average Bonchev–Trinajstić information content (AvgIpc) is 2.65. The first kappa shape index (κ1) is 14.5. The molecule has 7 heteroatoms. The number of aliphatic hydroxyl groups excluding tert-OH is 1. The summed E-state index contributed by atoms with van der Waals surface area (Å²) in [7, 11) is -3.71. The van der Waals surface area contributed by atoms with Crippen LogP contribution in [0.3, 0.4) is 0 Å². The Labute approximate surface area is 117 Å². The van der Waals surface area contributed by atoms with Crippen LogP contribution in [0.25, 0.3) is 0 Å². The van der Waals surface area contributed by atoms with Crippen molar-refractivity contribution in [2.45, 2.75) is 6.04 Å². The lowest BCUT2D eigenvalue weighted by Crippen LogP contribution is -2.35. The Hall–Kier alpha value is -1.86. The fraction of sp³-hybridized carbons (Fsp3) is 0.308.